The molecule has 1 saturated heterocycles. The van der Waals surface area contributed by atoms with Crippen LogP contribution in [0.1, 0.15) is 30.2 Å². The van der Waals surface area contributed by atoms with Crippen molar-refractivity contribution < 1.29 is 14.7 Å². The van der Waals surface area contributed by atoms with Crippen LogP contribution < -0.4 is 5.32 Å². The second-order valence-electron chi connectivity index (χ2n) is 5.02. The van der Waals surface area contributed by atoms with Crippen molar-refractivity contribution in [1.82, 2.24) is 10.2 Å². The number of urea groups is 1. The minimum Gasteiger partial charge on any atom is -0.480 e. The summed E-state index contributed by atoms with van der Waals surface area (Å²) < 4.78 is 0. The molecule has 2 rings (SSSR count). The molecule has 116 valence electrons. The molecule has 1 aliphatic rings. The predicted molar refractivity (Wildman–Crippen MR) is 85.7 cm³/mol. The van der Waals surface area contributed by atoms with Crippen LogP contribution in [-0.2, 0) is 11.3 Å². The standard InChI is InChI=1S/C14H20N2O3S2/c1-3-4-12-16(10(8-21-12)13(17)18)14(19)15-7-11-9(2)5-6-20-11/h5-6,10,12H,3-4,7-8H2,1-2H3,(H,15,19)(H,17,18). The van der Waals surface area contributed by atoms with Gasteiger partial charge in [-0.25, -0.2) is 9.59 Å². The highest BCUT2D eigenvalue weighted by Gasteiger charge is 2.41. The van der Waals surface area contributed by atoms with Crippen molar-refractivity contribution in [2.24, 2.45) is 0 Å². The molecule has 5 nitrogen and oxygen atoms in total. The van der Waals surface area contributed by atoms with E-state index < -0.39 is 12.0 Å². The molecule has 2 N–H and O–H groups in total. The second kappa shape index (κ2) is 7.17. The zero-order valence-corrected chi connectivity index (χ0v) is 13.8. The average molecular weight is 328 g/mol. The lowest BCUT2D eigenvalue weighted by Crippen LogP contribution is -2.49. The quantitative estimate of drug-likeness (QED) is 0.872. The Hall–Kier alpha value is -1.21. The fourth-order valence-corrected chi connectivity index (χ4v) is 4.69. The summed E-state index contributed by atoms with van der Waals surface area (Å²) in [6.07, 6.45) is 1.75. The van der Waals surface area contributed by atoms with Gasteiger partial charge in [-0.3, -0.25) is 4.90 Å². The summed E-state index contributed by atoms with van der Waals surface area (Å²) in [5, 5.41) is 14.1. The monoisotopic (exact) mass is 328 g/mol. The SMILES string of the molecule is CCCC1SCC(C(=O)O)N1C(=O)NCc1sccc1C. The van der Waals surface area contributed by atoms with E-state index in [4.69, 9.17) is 0 Å². The number of carbonyl (C=O) groups is 2. The molecule has 2 heterocycles. The largest absolute Gasteiger partial charge is 0.480 e. The molecule has 2 atom stereocenters. The number of carboxylic acids is 1. The second-order valence-corrected chi connectivity index (χ2v) is 7.23. The van der Waals surface area contributed by atoms with Gasteiger partial charge in [0.25, 0.3) is 0 Å². The van der Waals surface area contributed by atoms with Gasteiger partial charge < -0.3 is 10.4 Å². The van der Waals surface area contributed by atoms with Gasteiger partial charge in [0.1, 0.15) is 6.04 Å². The van der Waals surface area contributed by atoms with E-state index in [1.54, 1.807) is 23.1 Å². The summed E-state index contributed by atoms with van der Waals surface area (Å²) in [4.78, 5) is 26.3. The number of thiophene rings is 1. The van der Waals surface area contributed by atoms with Crippen molar-refractivity contribution >= 4 is 35.1 Å². The van der Waals surface area contributed by atoms with Gasteiger partial charge in [0, 0.05) is 10.6 Å². The topological polar surface area (TPSA) is 69.6 Å². The Kier molecular flexibility index (Phi) is 5.52. The van der Waals surface area contributed by atoms with E-state index in [-0.39, 0.29) is 11.4 Å². The molecule has 0 aliphatic carbocycles. The molecular weight excluding hydrogens is 308 g/mol. The third-order valence-corrected chi connectivity index (χ3v) is 5.89. The number of hydrogen-bond acceptors (Lipinski definition) is 4. The lowest BCUT2D eigenvalue weighted by molar-refractivity contribution is -0.141. The molecule has 0 aromatic carbocycles. The number of amides is 2. The first-order chi connectivity index (χ1) is 10.0. The van der Waals surface area contributed by atoms with Gasteiger partial charge in [0.2, 0.25) is 0 Å². The van der Waals surface area contributed by atoms with Crippen LogP contribution in [0.25, 0.3) is 0 Å². The van der Waals surface area contributed by atoms with Crippen molar-refractivity contribution in [2.75, 3.05) is 5.75 Å². The average Bonchev–Trinajstić information content (AvgIpc) is 3.03. The van der Waals surface area contributed by atoms with Crippen molar-refractivity contribution in [3.8, 4) is 0 Å². The summed E-state index contributed by atoms with van der Waals surface area (Å²) >= 11 is 3.15. The summed E-state index contributed by atoms with van der Waals surface area (Å²) in [7, 11) is 0. The molecule has 0 bridgehead atoms. The Morgan fingerprint density at radius 1 is 1.52 bits per heavy atom. The first kappa shape index (κ1) is 16.2. The van der Waals surface area contributed by atoms with Crippen LogP contribution in [0.2, 0.25) is 0 Å². The van der Waals surface area contributed by atoms with Gasteiger partial charge in [-0.15, -0.1) is 23.1 Å². The van der Waals surface area contributed by atoms with Crippen LogP contribution >= 0.6 is 23.1 Å². The fourth-order valence-electron chi connectivity index (χ4n) is 2.33. The Morgan fingerprint density at radius 2 is 2.29 bits per heavy atom. The maximum Gasteiger partial charge on any atom is 0.327 e. The minimum absolute atomic E-state index is 0.0412. The fraction of sp³-hybridized carbons (Fsp3) is 0.571. The number of nitrogens with one attached hydrogen (secondary N) is 1. The molecule has 1 fully saturated rings. The lowest BCUT2D eigenvalue weighted by atomic mass is 10.2. The molecule has 0 spiro atoms. The maximum atomic E-state index is 12.4. The number of nitrogens with zero attached hydrogens (tertiary/aromatic N) is 1. The van der Waals surface area contributed by atoms with Gasteiger partial charge in [0.05, 0.1) is 11.9 Å². The number of aryl methyl sites for hydroxylation is 1. The van der Waals surface area contributed by atoms with E-state index >= 15 is 0 Å². The predicted octanol–water partition coefficient (Wildman–Crippen LogP) is 2.89. The van der Waals surface area contributed by atoms with Gasteiger partial charge >= 0.3 is 12.0 Å². The Morgan fingerprint density at radius 3 is 2.86 bits per heavy atom. The van der Waals surface area contributed by atoms with E-state index in [0.717, 1.165) is 23.3 Å². The van der Waals surface area contributed by atoms with Crippen LogP contribution in [0.4, 0.5) is 4.79 Å². The minimum atomic E-state index is -0.927. The zero-order chi connectivity index (χ0) is 15.4. The molecule has 1 aromatic heterocycles. The number of hydrogen-bond donors (Lipinski definition) is 2. The van der Waals surface area contributed by atoms with Crippen LogP contribution in [0.3, 0.4) is 0 Å². The molecule has 21 heavy (non-hydrogen) atoms. The van der Waals surface area contributed by atoms with Crippen molar-refractivity contribution in [1.29, 1.82) is 0 Å². The highest BCUT2D eigenvalue weighted by molar-refractivity contribution is 8.00. The summed E-state index contributed by atoms with van der Waals surface area (Å²) in [6, 6.07) is 1.01. The number of rotatable bonds is 5. The van der Waals surface area contributed by atoms with Gasteiger partial charge in [-0.1, -0.05) is 13.3 Å². The van der Waals surface area contributed by atoms with E-state index in [2.05, 4.69) is 5.32 Å². The molecule has 1 aromatic rings. The molecule has 2 unspecified atom stereocenters. The van der Waals surface area contributed by atoms with Crippen molar-refractivity contribution in [3.63, 3.8) is 0 Å². The van der Waals surface area contributed by atoms with Crippen LogP contribution in [0.5, 0.6) is 0 Å². The summed E-state index contributed by atoms with van der Waals surface area (Å²) in [5.41, 5.74) is 1.15. The molecular formula is C14H20N2O3S2. The summed E-state index contributed by atoms with van der Waals surface area (Å²) in [6.45, 7) is 4.50. The van der Waals surface area contributed by atoms with Crippen molar-refractivity contribution in [3.05, 3.63) is 21.9 Å². The van der Waals surface area contributed by atoms with E-state index in [9.17, 15) is 14.7 Å². The van der Waals surface area contributed by atoms with Crippen LogP contribution in [-0.4, -0.2) is 39.2 Å². The normalized spacial score (nSPS) is 21.5. The first-order valence-corrected chi connectivity index (χ1v) is 8.91. The maximum absolute atomic E-state index is 12.4. The number of carboxylic acid groups (broad SMARTS) is 1. The molecule has 1 aliphatic heterocycles. The smallest absolute Gasteiger partial charge is 0.327 e. The highest BCUT2D eigenvalue weighted by Crippen LogP contribution is 2.32. The van der Waals surface area contributed by atoms with E-state index in [1.807, 2.05) is 25.3 Å². The first-order valence-electron chi connectivity index (χ1n) is 6.98. The number of aliphatic carboxylic acids is 1. The molecule has 0 radical (unpaired) electrons. The lowest BCUT2D eigenvalue weighted by Gasteiger charge is -2.27. The van der Waals surface area contributed by atoms with Gasteiger partial charge in [-0.05, 0) is 30.4 Å². The van der Waals surface area contributed by atoms with Crippen LogP contribution in [0, 0.1) is 6.92 Å². The Labute approximate surface area is 132 Å². The third-order valence-electron chi connectivity index (χ3n) is 3.52. The molecule has 7 heteroatoms. The third kappa shape index (κ3) is 3.71. The van der Waals surface area contributed by atoms with E-state index in [0.29, 0.717) is 12.3 Å². The Balaban J connectivity index is 2.02. The number of carbonyl (C=O) groups excluding carboxylic acids is 1. The number of thioether (sulfide) groups is 1. The van der Waals surface area contributed by atoms with Gasteiger partial charge in [-0.2, -0.15) is 0 Å². The van der Waals surface area contributed by atoms with Crippen molar-refractivity contribution in [2.45, 2.75) is 44.6 Å². The highest BCUT2D eigenvalue weighted by atomic mass is 32.2. The molecule has 0 saturated carbocycles. The zero-order valence-electron chi connectivity index (χ0n) is 12.2. The van der Waals surface area contributed by atoms with Gasteiger partial charge in [0.15, 0.2) is 0 Å². The van der Waals surface area contributed by atoms with Crippen LogP contribution in [0.15, 0.2) is 11.4 Å². The Bertz CT molecular complexity index is 518. The molecule has 2 amide bonds. The van der Waals surface area contributed by atoms with E-state index in [1.165, 1.54) is 4.90 Å². The summed E-state index contributed by atoms with van der Waals surface area (Å²) in [5.74, 6) is -0.464.